The number of nitrogen functional groups attached to an aromatic ring is 1. The smallest absolute Gasteiger partial charge is 0.258 e. The maximum absolute atomic E-state index is 14.0. The molecule has 0 spiro atoms. The fraction of sp³-hybridized carbons (Fsp3) is 0.600. The van der Waals surface area contributed by atoms with Gasteiger partial charge in [-0.3, -0.25) is 0 Å². The third-order valence-electron chi connectivity index (χ3n) is 3.95. The van der Waals surface area contributed by atoms with E-state index in [0.717, 1.165) is 0 Å². The van der Waals surface area contributed by atoms with Gasteiger partial charge in [0.15, 0.2) is 5.82 Å². The summed E-state index contributed by atoms with van der Waals surface area (Å²) < 4.78 is 20.3. The fourth-order valence-electron chi connectivity index (χ4n) is 3.14. The molecule has 108 valence electrons. The Morgan fingerprint density at radius 2 is 1.47 bits per heavy atom. The molecular formula is C15H26FNOSi. The fourth-order valence-corrected chi connectivity index (χ4v) is 8.40. The molecule has 0 aromatic heterocycles. The molecule has 0 aliphatic carbocycles. The van der Waals surface area contributed by atoms with Crippen LogP contribution in [0.1, 0.15) is 41.5 Å². The lowest BCUT2D eigenvalue weighted by atomic mass is 10.3. The molecule has 19 heavy (non-hydrogen) atoms. The summed E-state index contributed by atoms with van der Waals surface area (Å²) in [6, 6.07) is 4.67. The minimum absolute atomic E-state index is 0.344. The zero-order valence-electron chi connectivity index (χ0n) is 12.8. The number of halogens is 1. The van der Waals surface area contributed by atoms with Crippen LogP contribution in [-0.4, -0.2) is 8.32 Å². The second kappa shape index (κ2) is 5.95. The molecule has 1 rings (SSSR count). The van der Waals surface area contributed by atoms with Gasteiger partial charge in [0.1, 0.15) is 5.75 Å². The Hall–Kier alpha value is -1.03. The quantitative estimate of drug-likeness (QED) is 0.612. The van der Waals surface area contributed by atoms with Gasteiger partial charge < -0.3 is 10.2 Å². The van der Waals surface area contributed by atoms with E-state index in [1.54, 1.807) is 12.1 Å². The van der Waals surface area contributed by atoms with Crippen molar-refractivity contribution in [1.29, 1.82) is 0 Å². The van der Waals surface area contributed by atoms with E-state index in [9.17, 15) is 4.39 Å². The van der Waals surface area contributed by atoms with E-state index in [-0.39, 0.29) is 5.82 Å². The highest BCUT2D eigenvalue weighted by Gasteiger charge is 2.47. The maximum atomic E-state index is 14.0. The summed E-state index contributed by atoms with van der Waals surface area (Å²) in [6.45, 7) is 13.1. The van der Waals surface area contributed by atoms with Crippen molar-refractivity contribution in [3.05, 3.63) is 24.0 Å². The van der Waals surface area contributed by atoms with Crippen molar-refractivity contribution >= 4 is 14.0 Å². The lowest BCUT2D eigenvalue weighted by Gasteiger charge is -2.42. The van der Waals surface area contributed by atoms with Gasteiger partial charge in [-0.05, 0) is 28.8 Å². The van der Waals surface area contributed by atoms with Gasteiger partial charge in [0.2, 0.25) is 0 Å². The van der Waals surface area contributed by atoms with Crippen molar-refractivity contribution in [3.63, 3.8) is 0 Å². The topological polar surface area (TPSA) is 35.2 Å². The first-order chi connectivity index (χ1) is 8.71. The second-order valence-electron chi connectivity index (χ2n) is 6.11. The second-order valence-corrected chi connectivity index (χ2v) is 11.5. The molecule has 0 atom stereocenters. The molecule has 0 heterocycles. The van der Waals surface area contributed by atoms with Crippen LogP contribution in [0.5, 0.6) is 5.75 Å². The van der Waals surface area contributed by atoms with E-state index in [0.29, 0.717) is 28.1 Å². The first-order valence-electron chi connectivity index (χ1n) is 6.95. The first kappa shape index (κ1) is 16.0. The summed E-state index contributed by atoms with van der Waals surface area (Å²) in [5.41, 5.74) is 7.28. The third-order valence-corrected chi connectivity index (χ3v) is 9.94. The average molecular weight is 283 g/mol. The van der Waals surface area contributed by atoms with Gasteiger partial charge in [0.25, 0.3) is 8.32 Å². The maximum Gasteiger partial charge on any atom is 0.258 e. The summed E-state index contributed by atoms with van der Waals surface area (Å²) in [7, 11) is -2.10. The van der Waals surface area contributed by atoms with Gasteiger partial charge in [-0.25, -0.2) is 4.39 Å². The molecule has 0 amide bonds. The van der Waals surface area contributed by atoms with E-state index < -0.39 is 8.32 Å². The minimum Gasteiger partial charge on any atom is -0.541 e. The van der Waals surface area contributed by atoms with Crippen LogP contribution in [0.25, 0.3) is 0 Å². The highest BCUT2D eigenvalue weighted by atomic mass is 28.4. The van der Waals surface area contributed by atoms with E-state index in [1.165, 1.54) is 6.07 Å². The number of anilines is 1. The molecule has 0 aliphatic rings. The molecule has 0 radical (unpaired) electrons. The summed E-state index contributed by atoms with van der Waals surface area (Å²) >= 11 is 0. The Balaban J connectivity index is 3.21. The first-order valence-corrected chi connectivity index (χ1v) is 9.09. The van der Waals surface area contributed by atoms with Crippen LogP contribution in [0.4, 0.5) is 10.1 Å². The number of rotatable bonds is 5. The number of hydrogen-bond acceptors (Lipinski definition) is 2. The zero-order chi connectivity index (χ0) is 14.8. The highest BCUT2D eigenvalue weighted by Crippen LogP contribution is 2.43. The molecule has 1 aromatic rings. The molecule has 0 saturated carbocycles. The van der Waals surface area contributed by atoms with Crippen molar-refractivity contribution in [2.45, 2.75) is 58.2 Å². The van der Waals surface area contributed by atoms with Crippen LogP contribution in [0.2, 0.25) is 16.6 Å². The zero-order valence-corrected chi connectivity index (χ0v) is 13.8. The lowest BCUT2D eigenvalue weighted by molar-refractivity contribution is 0.446. The monoisotopic (exact) mass is 283 g/mol. The van der Waals surface area contributed by atoms with Crippen molar-refractivity contribution in [2.24, 2.45) is 0 Å². The third kappa shape index (κ3) is 3.11. The molecule has 1 aromatic carbocycles. The number of benzene rings is 1. The van der Waals surface area contributed by atoms with Gasteiger partial charge in [0, 0.05) is 11.8 Å². The number of nitrogens with two attached hydrogens (primary N) is 1. The molecular weight excluding hydrogens is 257 g/mol. The van der Waals surface area contributed by atoms with Crippen molar-refractivity contribution in [3.8, 4) is 5.75 Å². The molecule has 2 N–H and O–H groups in total. The summed E-state index contributed by atoms with van der Waals surface area (Å²) in [5.74, 6) is -0.0178. The minimum atomic E-state index is -2.10. The van der Waals surface area contributed by atoms with E-state index >= 15 is 0 Å². The standard InChI is InChI=1S/C15H26FNOSi/c1-10(2)19(11(3)4,12(5)6)18-15-8-7-13(17)9-14(15)16/h7-12H,17H2,1-6H3. The van der Waals surface area contributed by atoms with Crippen LogP contribution in [-0.2, 0) is 0 Å². The highest BCUT2D eigenvalue weighted by molar-refractivity contribution is 6.78. The summed E-state index contributed by atoms with van der Waals surface area (Å²) in [4.78, 5) is 0. The van der Waals surface area contributed by atoms with E-state index in [2.05, 4.69) is 41.5 Å². The molecule has 4 heteroatoms. The normalized spacial score (nSPS) is 12.5. The van der Waals surface area contributed by atoms with Gasteiger partial charge in [-0.2, -0.15) is 0 Å². The molecule has 2 nitrogen and oxygen atoms in total. The molecule has 0 unspecified atom stereocenters. The van der Waals surface area contributed by atoms with Gasteiger partial charge in [-0.1, -0.05) is 41.5 Å². The van der Waals surface area contributed by atoms with Crippen LogP contribution in [0.15, 0.2) is 18.2 Å². The Morgan fingerprint density at radius 3 is 1.84 bits per heavy atom. The van der Waals surface area contributed by atoms with Crippen LogP contribution in [0, 0.1) is 5.82 Å². The van der Waals surface area contributed by atoms with Crippen LogP contribution < -0.4 is 10.2 Å². The molecule has 0 aliphatic heterocycles. The molecule has 0 saturated heterocycles. The van der Waals surface area contributed by atoms with E-state index in [4.69, 9.17) is 10.2 Å². The van der Waals surface area contributed by atoms with Crippen LogP contribution >= 0.6 is 0 Å². The number of hydrogen-bond donors (Lipinski definition) is 1. The Kier molecular flexibility index (Phi) is 5.02. The van der Waals surface area contributed by atoms with Gasteiger partial charge in [0.05, 0.1) is 0 Å². The molecule has 0 bridgehead atoms. The van der Waals surface area contributed by atoms with Crippen LogP contribution in [0.3, 0.4) is 0 Å². The van der Waals surface area contributed by atoms with E-state index in [1.807, 2.05) is 0 Å². The Morgan fingerprint density at radius 1 is 1.00 bits per heavy atom. The largest absolute Gasteiger partial charge is 0.541 e. The summed E-state index contributed by atoms with van der Waals surface area (Å²) in [6.07, 6.45) is 0. The molecule has 0 fully saturated rings. The van der Waals surface area contributed by atoms with Crippen molar-refractivity contribution in [1.82, 2.24) is 0 Å². The Labute approximate surface area is 117 Å². The van der Waals surface area contributed by atoms with Gasteiger partial charge >= 0.3 is 0 Å². The lowest BCUT2D eigenvalue weighted by Crippen LogP contribution is -2.50. The summed E-state index contributed by atoms with van der Waals surface area (Å²) in [5, 5.41) is 0. The predicted molar refractivity (Wildman–Crippen MR) is 82.5 cm³/mol. The SMILES string of the molecule is CC(C)[Si](Oc1ccc(N)cc1F)(C(C)C)C(C)C. The van der Waals surface area contributed by atoms with Gasteiger partial charge in [-0.15, -0.1) is 0 Å². The van der Waals surface area contributed by atoms with Crippen molar-refractivity contribution in [2.75, 3.05) is 5.73 Å². The predicted octanol–water partition coefficient (Wildman–Crippen LogP) is 4.96. The van der Waals surface area contributed by atoms with Crippen molar-refractivity contribution < 1.29 is 8.82 Å². The average Bonchev–Trinajstić information content (AvgIpc) is 2.26. The Bertz CT molecular complexity index is 410.